The van der Waals surface area contributed by atoms with Gasteiger partial charge >= 0.3 is 11.9 Å². The Morgan fingerprint density at radius 1 is 0.536 bits per heavy atom. The van der Waals surface area contributed by atoms with Crippen LogP contribution < -0.4 is 9.47 Å². The Hall–Kier alpha value is -3.54. The number of unbranched alkanes of at least 4 members (excludes halogenated alkanes) is 8. The predicted octanol–water partition coefficient (Wildman–Crippen LogP) is 13.7. The van der Waals surface area contributed by atoms with Gasteiger partial charge in [-0.15, -0.1) is 0 Å². The zero-order valence-electron chi connectivity index (χ0n) is 35.4. The molecule has 4 rings (SSSR count). The zero-order chi connectivity index (χ0) is 39.8. The second-order valence-corrected chi connectivity index (χ2v) is 16.7. The Labute approximate surface area is 340 Å². The van der Waals surface area contributed by atoms with Crippen LogP contribution in [-0.2, 0) is 9.47 Å². The third-order valence-corrected chi connectivity index (χ3v) is 12.2. The van der Waals surface area contributed by atoms with Crippen LogP contribution in [-0.4, -0.2) is 37.4 Å². The third kappa shape index (κ3) is 17.3. The summed E-state index contributed by atoms with van der Waals surface area (Å²) in [7, 11) is 0. The van der Waals surface area contributed by atoms with Crippen LogP contribution in [0.25, 0.3) is 0 Å². The van der Waals surface area contributed by atoms with Gasteiger partial charge in [-0.1, -0.05) is 115 Å². The van der Waals surface area contributed by atoms with Gasteiger partial charge in [-0.3, -0.25) is 0 Å². The molecule has 0 aromatic heterocycles. The van der Waals surface area contributed by atoms with Crippen LogP contribution in [0.5, 0.6) is 11.5 Å². The maximum Gasteiger partial charge on any atom is 0.338 e. The third-order valence-electron chi connectivity index (χ3n) is 12.2. The van der Waals surface area contributed by atoms with Crippen molar-refractivity contribution in [2.75, 3.05) is 13.2 Å². The molecule has 2 aliphatic carbocycles. The predicted molar refractivity (Wildman–Crippen MR) is 230 cm³/mol. The summed E-state index contributed by atoms with van der Waals surface area (Å²) in [5, 5.41) is 0. The lowest BCUT2D eigenvalue weighted by Gasteiger charge is -2.26. The molecule has 0 unspecified atom stereocenters. The summed E-state index contributed by atoms with van der Waals surface area (Å²) in [6.07, 6.45) is 34.7. The van der Waals surface area contributed by atoms with Crippen molar-refractivity contribution in [1.82, 2.24) is 0 Å². The number of hydrogen-bond acceptors (Lipinski definition) is 6. The van der Waals surface area contributed by atoms with Crippen molar-refractivity contribution >= 4 is 11.9 Å². The number of ether oxygens (including phenoxy) is 4. The van der Waals surface area contributed by atoms with Crippen molar-refractivity contribution in [3.05, 3.63) is 84.0 Å². The average Bonchev–Trinajstić information content (AvgIpc) is 3.22. The quantitative estimate of drug-likeness (QED) is 0.0569. The Bertz CT molecular complexity index is 1300. The minimum absolute atomic E-state index is 0.418. The minimum atomic E-state index is -0.631. The molecule has 2 aromatic rings. The summed E-state index contributed by atoms with van der Waals surface area (Å²) >= 11 is 0. The normalized spacial score (nSPS) is 21.1. The Balaban J connectivity index is 1.07. The van der Waals surface area contributed by atoms with Crippen molar-refractivity contribution in [3.63, 3.8) is 0 Å². The van der Waals surface area contributed by atoms with Crippen LogP contribution in [0.4, 0.5) is 0 Å². The molecule has 2 atom stereocenters. The van der Waals surface area contributed by atoms with Crippen LogP contribution >= 0.6 is 0 Å². The molecule has 2 aliphatic rings. The van der Waals surface area contributed by atoms with Crippen molar-refractivity contribution in [2.45, 2.75) is 168 Å². The second-order valence-electron chi connectivity index (χ2n) is 16.7. The van der Waals surface area contributed by atoms with E-state index in [1.54, 1.807) is 62.4 Å². The number of rotatable bonds is 25. The van der Waals surface area contributed by atoms with Crippen LogP contribution in [0.3, 0.4) is 0 Å². The average molecular weight is 771 g/mol. The first-order valence-corrected chi connectivity index (χ1v) is 22.6. The Morgan fingerprint density at radius 2 is 0.893 bits per heavy atom. The van der Waals surface area contributed by atoms with E-state index >= 15 is 0 Å². The highest BCUT2D eigenvalue weighted by Gasteiger charge is 2.23. The summed E-state index contributed by atoms with van der Waals surface area (Å²) < 4.78 is 23.1. The molecule has 0 bridgehead atoms. The molecule has 2 saturated carbocycles. The van der Waals surface area contributed by atoms with E-state index in [1.165, 1.54) is 128 Å². The van der Waals surface area contributed by atoms with Crippen molar-refractivity contribution in [1.29, 1.82) is 0 Å². The number of carbonyl (C=O) groups is 2. The summed E-state index contributed by atoms with van der Waals surface area (Å²) in [6.45, 7) is 9.03. The van der Waals surface area contributed by atoms with Crippen molar-refractivity contribution in [2.24, 2.45) is 23.7 Å². The lowest BCUT2D eigenvalue weighted by atomic mass is 9.79. The molecule has 6 nitrogen and oxygen atoms in total. The van der Waals surface area contributed by atoms with Gasteiger partial charge in [0, 0.05) is 0 Å². The summed E-state index contributed by atoms with van der Waals surface area (Å²) in [6, 6.07) is 14.0. The van der Waals surface area contributed by atoms with E-state index < -0.39 is 24.1 Å². The smallest absolute Gasteiger partial charge is 0.338 e. The zero-order valence-corrected chi connectivity index (χ0v) is 35.4. The lowest BCUT2D eigenvalue weighted by molar-refractivity contribution is -0.0239. The van der Waals surface area contributed by atoms with E-state index in [9.17, 15) is 9.59 Å². The molecular weight excluding hydrogens is 697 g/mol. The molecule has 0 amide bonds. The van der Waals surface area contributed by atoms with Gasteiger partial charge in [0.05, 0.1) is 11.1 Å². The first-order valence-electron chi connectivity index (χ1n) is 22.6. The minimum Gasteiger partial charge on any atom is -0.490 e. The van der Waals surface area contributed by atoms with Gasteiger partial charge in [-0.05, 0) is 137 Å². The fraction of sp³-hybridized carbons (Fsp3) is 0.640. The van der Waals surface area contributed by atoms with Gasteiger partial charge in [0.1, 0.15) is 36.9 Å². The SMILES string of the molecule is CCCCCCCC1CCC(C=CCOc2ccc(C(=O)O[C@H](C)[C@@H](C)OC(=O)c3ccc(OCC=CC4CCC(CCCCCCC)CC4)cc3)cc2)CC1. The molecule has 0 radical (unpaired) electrons. The maximum absolute atomic E-state index is 12.9. The molecule has 2 fully saturated rings. The number of benzene rings is 2. The Kier molecular flexibility index (Phi) is 21.3. The number of carbonyl (C=O) groups excluding carboxylic acids is 2. The van der Waals surface area contributed by atoms with Crippen LogP contribution in [0.2, 0.25) is 0 Å². The van der Waals surface area contributed by atoms with Gasteiger partial charge < -0.3 is 18.9 Å². The van der Waals surface area contributed by atoms with Crippen molar-refractivity contribution in [3.8, 4) is 11.5 Å². The Morgan fingerprint density at radius 3 is 1.25 bits per heavy atom. The van der Waals surface area contributed by atoms with E-state index in [0.717, 1.165) is 11.8 Å². The summed E-state index contributed by atoms with van der Waals surface area (Å²) in [4.78, 5) is 25.7. The van der Waals surface area contributed by atoms with E-state index in [4.69, 9.17) is 18.9 Å². The second kappa shape index (κ2) is 26.4. The topological polar surface area (TPSA) is 71.1 Å². The van der Waals surface area contributed by atoms with Crippen LogP contribution in [0, 0.1) is 23.7 Å². The summed E-state index contributed by atoms with van der Waals surface area (Å²) in [5.74, 6) is 3.61. The van der Waals surface area contributed by atoms with E-state index in [0.29, 0.717) is 47.7 Å². The van der Waals surface area contributed by atoms with Crippen LogP contribution in [0.1, 0.15) is 177 Å². The standard InChI is InChI=1S/C50H74O6/c1-5-7-9-11-13-17-41-21-25-43(26-22-41)19-15-37-53-47-33-29-45(30-34-47)49(51)55-39(3)40(4)56-50(52)46-31-35-48(36-32-46)54-38-16-20-44-27-23-42(24-28-44)18-14-12-10-8-6-2/h15-16,19-20,29-36,39-44H,5-14,17-18,21-28,37-38H2,1-4H3/t39-,40-,41?,42?,43?,44?/m1/s1. The fourth-order valence-corrected chi connectivity index (χ4v) is 8.24. The van der Waals surface area contributed by atoms with Gasteiger partial charge in [0.25, 0.3) is 0 Å². The maximum atomic E-state index is 12.9. The number of hydrogen-bond donors (Lipinski definition) is 0. The summed E-state index contributed by atoms with van der Waals surface area (Å²) in [5.41, 5.74) is 0.836. The highest BCUT2D eigenvalue weighted by atomic mass is 16.6. The number of esters is 2. The molecule has 0 saturated heterocycles. The van der Waals surface area contributed by atoms with Gasteiger partial charge in [-0.2, -0.15) is 0 Å². The van der Waals surface area contributed by atoms with Crippen LogP contribution in [0.15, 0.2) is 72.8 Å². The molecular formula is C50H74O6. The van der Waals surface area contributed by atoms with E-state index in [1.807, 2.05) is 0 Å². The molecule has 6 heteroatoms. The molecule has 0 aliphatic heterocycles. The van der Waals surface area contributed by atoms with E-state index in [2.05, 4.69) is 38.2 Å². The highest BCUT2D eigenvalue weighted by molar-refractivity contribution is 5.90. The molecule has 0 spiro atoms. The van der Waals surface area contributed by atoms with Gasteiger partial charge in [0.2, 0.25) is 0 Å². The molecule has 0 N–H and O–H groups in total. The first kappa shape index (κ1) is 45.2. The lowest BCUT2D eigenvalue weighted by Crippen LogP contribution is -2.30. The van der Waals surface area contributed by atoms with Gasteiger partial charge in [0.15, 0.2) is 0 Å². The van der Waals surface area contributed by atoms with E-state index in [-0.39, 0.29) is 0 Å². The number of allylic oxidation sites excluding steroid dienone is 2. The molecule has 0 heterocycles. The largest absolute Gasteiger partial charge is 0.490 e. The highest BCUT2D eigenvalue weighted by Crippen LogP contribution is 2.34. The molecule has 2 aromatic carbocycles. The van der Waals surface area contributed by atoms with Crippen molar-refractivity contribution < 1.29 is 28.5 Å². The van der Waals surface area contributed by atoms with Gasteiger partial charge in [-0.25, -0.2) is 9.59 Å². The molecule has 310 valence electrons. The first-order chi connectivity index (χ1) is 27.3. The molecule has 56 heavy (non-hydrogen) atoms. The monoisotopic (exact) mass is 771 g/mol. The fourth-order valence-electron chi connectivity index (χ4n) is 8.24.